The van der Waals surface area contributed by atoms with E-state index in [1.807, 2.05) is 0 Å². The van der Waals surface area contributed by atoms with Crippen molar-refractivity contribution >= 4 is 11.6 Å². The minimum atomic E-state index is 0.497. The van der Waals surface area contributed by atoms with E-state index in [4.69, 9.17) is 11.6 Å². The lowest BCUT2D eigenvalue weighted by Gasteiger charge is -2.42. The molecule has 0 saturated heterocycles. The summed E-state index contributed by atoms with van der Waals surface area (Å²) >= 11 is 6.18. The van der Waals surface area contributed by atoms with Gasteiger partial charge in [0, 0.05) is 5.02 Å². The van der Waals surface area contributed by atoms with Gasteiger partial charge in [-0.3, -0.25) is 0 Å². The smallest absolute Gasteiger partial charge is 0.0409 e. The van der Waals surface area contributed by atoms with E-state index in [0.717, 1.165) is 5.02 Å². The number of rotatable bonds is 0. The van der Waals surface area contributed by atoms with Crippen molar-refractivity contribution in [3.05, 3.63) is 34.3 Å². The van der Waals surface area contributed by atoms with Crippen LogP contribution in [0, 0.1) is 0 Å². The molecule has 86 valence electrons. The van der Waals surface area contributed by atoms with Gasteiger partial charge >= 0.3 is 0 Å². The summed E-state index contributed by atoms with van der Waals surface area (Å²) in [5.74, 6) is 0. The maximum absolute atomic E-state index is 6.18. The lowest BCUT2D eigenvalue weighted by atomic mass is 9.62. The fourth-order valence-corrected chi connectivity index (χ4v) is 3.93. The molecule has 1 heteroatoms. The second-order valence-corrected chi connectivity index (χ2v) is 5.93. The quantitative estimate of drug-likeness (QED) is 0.600. The molecule has 0 heterocycles. The molecular formula is C15H19Cl. The molecule has 3 rings (SSSR count). The third kappa shape index (κ3) is 1.68. The van der Waals surface area contributed by atoms with Crippen LogP contribution < -0.4 is 0 Å². The molecule has 0 atom stereocenters. The van der Waals surface area contributed by atoms with Crippen LogP contribution >= 0.6 is 11.6 Å². The van der Waals surface area contributed by atoms with Crippen molar-refractivity contribution in [3.63, 3.8) is 0 Å². The van der Waals surface area contributed by atoms with Gasteiger partial charge in [-0.1, -0.05) is 36.9 Å². The Morgan fingerprint density at radius 2 is 1.69 bits per heavy atom. The highest BCUT2D eigenvalue weighted by Crippen LogP contribution is 2.47. The SMILES string of the molecule is Clc1ccc2c(c1)C1(CCCCC1)CCC2. The zero-order valence-electron chi connectivity index (χ0n) is 9.77. The Bertz CT molecular complexity index is 388. The zero-order valence-corrected chi connectivity index (χ0v) is 10.5. The largest absolute Gasteiger partial charge is 0.0843 e. The molecule has 1 spiro atoms. The van der Waals surface area contributed by atoms with Crippen LogP contribution in [-0.2, 0) is 11.8 Å². The van der Waals surface area contributed by atoms with E-state index >= 15 is 0 Å². The maximum Gasteiger partial charge on any atom is 0.0409 e. The van der Waals surface area contributed by atoms with Crippen LogP contribution in [0.5, 0.6) is 0 Å². The van der Waals surface area contributed by atoms with Gasteiger partial charge in [-0.15, -0.1) is 0 Å². The lowest BCUT2D eigenvalue weighted by Crippen LogP contribution is -2.33. The normalized spacial score (nSPS) is 23.1. The summed E-state index contributed by atoms with van der Waals surface area (Å²) in [4.78, 5) is 0. The van der Waals surface area contributed by atoms with Gasteiger partial charge in [-0.25, -0.2) is 0 Å². The highest BCUT2D eigenvalue weighted by atomic mass is 35.5. The van der Waals surface area contributed by atoms with E-state index in [0.29, 0.717) is 5.41 Å². The Hall–Kier alpha value is -0.490. The first-order chi connectivity index (χ1) is 7.80. The van der Waals surface area contributed by atoms with Crippen molar-refractivity contribution in [2.45, 2.75) is 56.8 Å². The lowest BCUT2D eigenvalue weighted by molar-refractivity contribution is 0.255. The fourth-order valence-electron chi connectivity index (χ4n) is 3.76. The Morgan fingerprint density at radius 3 is 2.50 bits per heavy atom. The van der Waals surface area contributed by atoms with Crippen molar-refractivity contribution in [3.8, 4) is 0 Å². The molecule has 2 aliphatic rings. The number of halogens is 1. The summed E-state index contributed by atoms with van der Waals surface area (Å²) in [7, 11) is 0. The van der Waals surface area contributed by atoms with Gasteiger partial charge in [0.15, 0.2) is 0 Å². The average Bonchev–Trinajstić information content (AvgIpc) is 2.32. The molecule has 0 aromatic heterocycles. The topological polar surface area (TPSA) is 0 Å². The number of aryl methyl sites for hydroxylation is 1. The van der Waals surface area contributed by atoms with Crippen molar-refractivity contribution in [1.82, 2.24) is 0 Å². The summed E-state index contributed by atoms with van der Waals surface area (Å²) in [5, 5.41) is 0.922. The van der Waals surface area contributed by atoms with Gasteiger partial charge in [0.1, 0.15) is 0 Å². The Kier molecular flexibility index (Phi) is 2.71. The van der Waals surface area contributed by atoms with E-state index in [2.05, 4.69) is 18.2 Å². The van der Waals surface area contributed by atoms with Crippen molar-refractivity contribution < 1.29 is 0 Å². The van der Waals surface area contributed by atoms with Crippen molar-refractivity contribution in [1.29, 1.82) is 0 Å². The highest BCUT2D eigenvalue weighted by molar-refractivity contribution is 6.30. The third-order valence-corrected chi connectivity index (χ3v) is 4.79. The van der Waals surface area contributed by atoms with Crippen LogP contribution in [0.3, 0.4) is 0 Å². The van der Waals surface area contributed by atoms with Gasteiger partial charge in [-0.2, -0.15) is 0 Å². The first kappa shape index (κ1) is 10.7. The van der Waals surface area contributed by atoms with Crippen LogP contribution in [0.15, 0.2) is 18.2 Å². The van der Waals surface area contributed by atoms with Gasteiger partial charge in [0.05, 0.1) is 0 Å². The summed E-state index contributed by atoms with van der Waals surface area (Å²) in [5.41, 5.74) is 3.65. The Labute approximate surface area is 103 Å². The van der Waals surface area contributed by atoms with Crippen LogP contribution in [0.2, 0.25) is 5.02 Å². The second-order valence-electron chi connectivity index (χ2n) is 5.50. The summed E-state index contributed by atoms with van der Waals surface area (Å²) < 4.78 is 0. The number of fused-ring (bicyclic) bond motifs is 2. The fraction of sp³-hybridized carbons (Fsp3) is 0.600. The first-order valence-corrected chi connectivity index (χ1v) is 6.97. The predicted octanol–water partition coefficient (Wildman–Crippen LogP) is 4.88. The molecule has 16 heavy (non-hydrogen) atoms. The van der Waals surface area contributed by atoms with Gasteiger partial charge in [0.2, 0.25) is 0 Å². The average molecular weight is 235 g/mol. The molecule has 0 amide bonds. The van der Waals surface area contributed by atoms with E-state index in [-0.39, 0.29) is 0 Å². The molecular weight excluding hydrogens is 216 g/mol. The number of hydrogen-bond acceptors (Lipinski definition) is 0. The number of benzene rings is 1. The Morgan fingerprint density at radius 1 is 0.938 bits per heavy atom. The third-order valence-electron chi connectivity index (χ3n) is 4.56. The molecule has 0 radical (unpaired) electrons. The monoisotopic (exact) mass is 234 g/mol. The van der Waals surface area contributed by atoms with Crippen molar-refractivity contribution in [2.24, 2.45) is 0 Å². The zero-order chi connectivity index (χ0) is 11.0. The molecule has 0 nitrogen and oxygen atoms in total. The molecule has 0 bridgehead atoms. The summed E-state index contributed by atoms with van der Waals surface area (Å²) in [6.07, 6.45) is 11.0. The predicted molar refractivity (Wildman–Crippen MR) is 69.2 cm³/mol. The second kappa shape index (κ2) is 4.07. The maximum atomic E-state index is 6.18. The molecule has 1 aromatic rings. The van der Waals surface area contributed by atoms with Crippen LogP contribution in [0.4, 0.5) is 0 Å². The minimum Gasteiger partial charge on any atom is -0.0843 e. The standard InChI is InChI=1S/C15H19Cl/c16-13-7-6-12-5-4-10-15(14(12)11-13)8-2-1-3-9-15/h6-7,11H,1-5,8-10H2. The molecule has 1 saturated carbocycles. The van der Waals surface area contributed by atoms with Crippen LogP contribution in [0.1, 0.15) is 56.1 Å². The van der Waals surface area contributed by atoms with Crippen LogP contribution in [-0.4, -0.2) is 0 Å². The molecule has 2 aliphatic carbocycles. The first-order valence-electron chi connectivity index (χ1n) is 6.59. The summed E-state index contributed by atoms with van der Waals surface area (Å²) in [6.45, 7) is 0. The minimum absolute atomic E-state index is 0.497. The number of hydrogen-bond donors (Lipinski definition) is 0. The van der Waals surface area contributed by atoms with Gasteiger partial charge in [0.25, 0.3) is 0 Å². The molecule has 0 unspecified atom stereocenters. The van der Waals surface area contributed by atoms with E-state index in [1.54, 1.807) is 11.1 Å². The van der Waals surface area contributed by atoms with Gasteiger partial charge < -0.3 is 0 Å². The molecule has 0 N–H and O–H groups in total. The van der Waals surface area contributed by atoms with Crippen molar-refractivity contribution in [2.75, 3.05) is 0 Å². The van der Waals surface area contributed by atoms with E-state index in [9.17, 15) is 0 Å². The molecule has 1 aromatic carbocycles. The van der Waals surface area contributed by atoms with E-state index in [1.165, 1.54) is 51.4 Å². The highest BCUT2D eigenvalue weighted by Gasteiger charge is 2.37. The molecule has 0 aliphatic heterocycles. The van der Waals surface area contributed by atoms with Crippen LogP contribution in [0.25, 0.3) is 0 Å². The van der Waals surface area contributed by atoms with E-state index < -0.39 is 0 Å². The molecule has 1 fully saturated rings. The van der Waals surface area contributed by atoms with Gasteiger partial charge in [-0.05, 0) is 60.8 Å². The Balaban J connectivity index is 2.06. The summed E-state index contributed by atoms with van der Waals surface area (Å²) in [6, 6.07) is 6.57.